The summed E-state index contributed by atoms with van der Waals surface area (Å²) in [6.45, 7) is 1.44. The summed E-state index contributed by atoms with van der Waals surface area (Å²) in [6, 6.07) is 5.40. The van der Waals surface area contributed by atoms with Gasteiger partial charge in [0.15, 0.2) is 0 Å². The second-order valence-electron chi connectivity index (χ2n) is 7.07. The van der Waals surface area contributed by atoms with Crippen LogP contribution in [0.3, 0.4) is 0 Å². The van der Waals surface area contributed by atoms with E-state index >= 15 is 0 Å². The van der Waals surface area contributed by atoms with Gasteiger partial charge in [0.2, 0.25) is 5.91 Å². The van der Waals surface area contributed by atoms with Gasteiger partial charge in [0.25, 0.3) is 5.91 Å². The zero-order valence-electron chi connectivity index (χ0n) is 15.0. The Balaban J connectivity index is 1.87. The van der Waals surface area contributed by atoms with Crippen molar-refractivity contribution in [3.8, 4) is 5.75 Å². The van der Waals surface area contributed by atoms with Crippen LogP contribution in [0.5, 0.6) is 5.75 Å². The first kappa shape index (κ1) is 18.2. The van der Waals surface area contributed by atoms with Crippen LogP contribution >= 0.6 is 0 Å². The molecule has 0 saturated heterocycles. The summed E-state index contributed by atoms with van der Waals surface area (Å²) in [4.78, 5) is 24.3. The fourth-order valence-corrected chi connectivity index (χ4v) is 2.90. The van der Waals surface area contributed by atoms with Gasteiger partial charge in [0.1, 0.15) is 17.0 Å². The zero-order chi connectivity index (χ0) is 18.9. The van der Waals surface area contributed by atoms with Crippen molar-refractivity contribution in [1.82, 2.24) is 15.1 Å². The highest BCUT2D eigenvalue weighted by molar-refractivity contribution is 6.07. The molecule has 1 aromatic heterocycles. The molecule has 1 unspecified atom stereocenters. The summed E-state index contributed by atoms with van der Waals surface area (Å²) < 4.78 is 7.28. The number of fused-ring (bicyclic) bond motifs is 1. The first-order chi connectivity index (χ1) is 12.3. The van der Waals surface area contributed by atoms with Crippen LogP contribution in [-0.2, 0) is 11.8 Å². The fraction of sp³-hybridized carbons (Fsp3) is 0.500. The normalized spacial score (nSPS) is 16.7. The summed E-state index contributed by atoms with van der Waals surface area (Å²) in [7, 11) is 1.64. The Labute approximate surface area is 151 Å². The quantitative estimate of drug-likeness (QED) is 0.672. The number of nitrogens with zero attached hydrogens (tertiary/aromatic N) is 2. The summed E-state index contributed by atoms with van der Waals surface area (Å²) in [5, 5.41) is 16.9. The number of carbonyl (C=O) groups excluding carboxylic acids is 2. The average Bonchev–Trinajstić information content (AvgIpc) is 2.88. The molecule has 0 radical (unpaired) electrons. The van der Waals surface area contributed by atoms with Crippen molar-refractivity contribution in [2.45, 2.75) is 31.7 Å². The number of aromatic nitrogens is 2. The van der Waals surface area contributed by atoms with Gasteiger partial charge >= 0.3 is 0 Å². The molecule has 3 rings (SSSR count). The van der Waals surface area contributed by atoms with E-state index in [1.165, 1.54) is 30.9 Å². The molecule has 0 bridgehead atoms. The highest BCUT2D eigenvalue weighted by Crippen LogP contribution is 2.29. The molecule has 1 heterocycles. The van der Waals surface area contributed by atoms with E-state index in [1.54, 1.807) is 19.2 Å². The van der Waals surface area contributed by atoms with Crippen LogP contribution in [0.4, 0.5) is 0 Å². The molecular weight excluding hydrogens is 336 g/mol. The molecule has 1 saturated carbocycles. The van der Waals surface area contributed by atoms with Crippen LogP contribution in [0.1, 0.15) is 36.7 Å². The molecule has 140 valence electrons. The highest BCUT2D eigenvalue weighted by Gasteiger charge is 2.34. The molecule has 1 aliphatic rings. The van der Waals surface area contributed by atoms with Gasteiger partial charge in [0.05, 0.1) is 18.7 Å². The van der Waals surface area contributed by atoms with Crippen molar-refractivity contribution in [1.29, 1.82) is 0 Å². The molecule has 1 atom stereocenters. The lowest BCUT2D eigenvalue weighted by Gasteiger charge is -2.25. The molecule has 8 nitrogen and oxygen atoms in total. The van der Waals surface area contributed by atoms with Gasteiger partial charge in [-0.1, -0.05) is 6.42 Å². The Kier molecular flexibility index (Phi) is 4.86. The number of benzene rings is 1. The van der Waals surface area contributed by atoms with Crippen molar-refractivity contribution in [2.75, 3.05) is 13.2 Å². The Hall–Kier alpha value is -2.61. The third kappa shape index (κ3) is 3.37. The Morgan fingerprint density at radius 2 is 2.19 bits per heavy atom. The molecule has 0 aliphatic heterocycles. The van der Waals surface area contributed by atoms with Crippen molar-refractivity contribution < 1.29 is 19.4 Å². The molecule has 1 aliphatic carbocycles. The van der Waals surface area contributed by atoms with Gasteiger partial charge < -0.3 is 20.9 Å². The van der Waals surface area contributed by atoms with E-state index in [0.717, 1.165) is 0 Å². The molecule has 0 spiro atoms. The van der Waals surface area contributed by atoms with Gasteiger partial charge in [-0.05, 0) is 43.9 Å². The number of primary amides is 1. The van der Waals surface area contributed by atoms with E-state index in [0.29, 0.717) is 29.2 Å². The number of aliphatic hydroxyl groups excluding tert-OH is 1. The van der Waals surface area contributed by atoms with Gasteiger partial charge in [-0.3, -0.25) is 14.3 Å². The summed E-state index contributed by atoms with van der Waals surface area (Å²) >= 11 is 0. The van der Waals surface area contributed by atoms with Crippen molar-refractivity contribution in [3.63, 3.8) is 0 Å². The number of nitrogens with one attached hydrogen (secondary N) is 1. The highest BCUT2D eigenvalue weighted by atomic mass is 16.5. The monoisotopic (exact) mass is 360 g/mol. The van der Waals surface area contributed by atoms with Crippen LogP contribution in [-0.4, -0.2) is 45.5 Å². The van der Waals surface area contributed by atoms with Crippen LogP contribution in [0.15, 0.2) is 18.2 Å². The van der Waals surface area contributed by atoms with E-state index in [2.05, 4.69) is 10.4 Å². The van der Waals surface area contributed by atoms with E-state index in [9.17, 15) is 14.7 Å². The minimum Gasteiger partial charge on any atom is -0.493 e. The lowest BCUT2D eigenvalue weighted by molar-refractivity contribution is -0.124. The number of amides is 2. The first-order valence-corrected chi connectivity index (χ1v) is 8.67. The van der Waals surface area contributed by atoms with E-state index in [1.807, 2.05) is 6.07 Å². The topological polar surface area (TPSA) is 119 Å². The molecule has 8 heteroatoms. The number of nitrogens with two attached hydrogens (primary N) is 1. The molecule has 26 heavy (non-hydrogen) atoms. The minimum absolute atomic E-state index is 0.273. The average molecular weight is 360 g/mol. The number of ether oxygens (including phenoxy) is 1. The third-order valence-electron chi connectivity index (χ3n) is 4.98. The number of rotatable bonds is 7. The maximum atomic E-state index is 12.7. The van der Waals surface area contributed by atoms with Crippen LogP contribution in [0, 0.1) is 5.92 Å². The Morgan fingerprint density at radius 1 is 1.46 bits per heavy atom. The van der Waals surface area contributed by atoms with Crippen molar-refractivity contribution in [3.05, 3.63) is 23.9 Å². The molecule has 2 aromatic rings. The number of aliphatic hydroxyl groups is 1. The summed E-state index contributed by atoms with van der Waals surface area (Å²) in [5.74, 6) is -0.0831. The van der Waals surface area contributed by atoms with Crippen LogP contribution in [0.25, 0.3) is 10.9 Å². The number of hydrogen-bond donors (Lipinski definition) is 3. The maximum absolute atomic E-state index is 12.7. The van der Waals surface area contributed by atoms with Crippen LogP contribution < -0.4 is 15.8 Å². The van der Waals surface area contributed by atoms with Gasteiger partial charge in [0, 0.05) is 12.4 Å². The second-order valence-corrected chi connectivity index (χ2v) is 7.07. The molecule has 1 aromatic carbocycles. The van der Waals surface area contributed by atoms with E-state index in [4.69, 9.17) is 10.5 Å². The second kappa shape index (κ2) is 6.95. The molecule has 4 N–H and O–H groups in total. The van der Waals surface area contributed by atoms with Gasteiger partial charge in [-0.2, -0.15) is 5.10 Å². The minimum atomic E-state index is -1.55. The molecular formula is C18H24N4O4. The molecule has 2 amide bonds. The predicted molar refractivity (Wildman–Crippen MR) is 95.7 cm³/mol. The van der Waals surface area contributed by atoms with Gasteiger partial charge in [-0.15, -0.1) is 0 Å². The molecule has 1 fully saturated rings. The first-order valence-electron chi connectivity index (χ1n) is 8.67. The zero-order valence-corrected chi connectivity index (χ0v) is 15.0. The standard InChI is InChI=1S/C18H24N4O4/c1-18(10-23,17(19)25)20-16(24)15-13-8-12(26-9-11-4-3-5-11)6-7-14(13)21-22(15)2/h6-8,11,23H,3-5,9-10H2,1-2H3,(H2,19,25)(H,20,24). The lowest BCUT2D eigenvalue weighted by Crippen LogP contribution is -2.58. The Bertz CT molecular complexity index is 843. The Morgan fingerprint density at radius 3 is 2.77 bits per heavy atom. The van der Waals surface area contributed by atoms with E-state index in [-0.39, 0.29) is 5.69 Å². The number of aryl methyl sites for hydroxylation is 1. The summed E-state index contributed by atoms with van der Waals surface area (Å²) in [6.07, 6.45) is 3.63. The van der Waals surface area contributed by atoms with Crippen LogP contribution in [0.2, 0.25) is 0 Å². The lowest BCUT2D eigenvalue weighted by atomic mass is 9.86. The third-order valence-corrected chi connectivity index (χ3v) is 4.98. The largest absolute Gasteiger partial charge is 0.493 e. The number of hydrogen-bond acceptors (Lipinski definition) is 5. The van der Waals surface area contributed by atoms with Gasteiger partial charge in [-0.25, -0.2) is 0 Å². The maximum Gasteiger partial charge on any atom is 0.271 e. The van der Waals surface area contributed by atoms with Crippen molar-refractivity contribution >= 4 is 22.7 Å². The summed E-state index contributed by atoms with van der Waals surface area (Å²) in [5.41, 5.74) is 4.65. The van der Waals surface area contributed by atoms with Crippen molar-refractivity contribution in [2.24, 2.45) is 18.7 Å². The predicted octanol–water partition coefficient (Wildman–Crippen LogP) is 0.718. The van der Waals surface area contributed by atoms with E-state index < -0.39 is 24.0 Å². The fourth-order valence-electron chi connectivity index (χ4n) is 2.90. The smallest absolute Gasteiger partial charge is 0.271 e. The SMILES string of the molecule is Cn1nc2ccc(OCC3CCC3)cc2c1C(=O)NC(C)(CO)C(N)=O. The number of carbonyl (C=O) groups is 2.